The highest BCUT2D eigenvalue weighted by atomic mass is 32.1. The van der Waals surface area contributed by atoms with Gasteiger partial charge in [-0.05, 0) is 6.07 Å². The molecule has 0 saturated heterocycles. The summed E-state index contributed by atoms with van der Waals surface area (Å²) in [5, 5.41) is 21.9. The normalized spacial score (nSPS) is 10.9. The molecule has 0 aliphatic rings. The molecule has 0 aliphatic carbocycles. The number of benzene rings is 1. The van der Waals surface area contributed by atoms with E-state index in [9.17, 15) is 14.7 Å². The number of fused-ring (bicyclic) bond motifs is 1. The molecule has 2 N–H and O–H groups in total. The second-order valence-corrected chi connectivity index (χ2v) is 4.63. The third-order valence-electron chi connectivity index (χ3n) is 2.44. The van der Waals surface area contributed by atoms with Crippen molar-refractivity contribution in [3.63, 3.8) is 0 Å². The number of phenolic OH excluding ortho intramolecular Hbond substituents is 1. The van der Waals surface area contributed by atoms with E-state index in [0.29, 0.717) is 4.70 Å². The molecule has 3 rings (SSSR count). The summed E-state index contributed by atoms with van der Waals surface area (Å²) in [6.07, 6.45) is 0. The smallest absolute Gasteiger partial charge is 0.396 e. The highest BCUT2D eigenvalue weighted by Crippen LogP contribution is 2.34. The van der Waals surface area contributed by atoms with Crippen LogP contribution in [-0.4, -0.2) is 21.3 Å². The second-order valence-electron chi connectivity index (χ2n) is 3.65. The van der Waals surface area contributed by atoms with Gasteiger partial charge in [0.1, 0.15) is 5.75 Å². The minimum absolute atomic E-state index is 0.0747. The molecule has 2 heterocycles. The lowest BCUT2D eigenvalue weighted by Gasteiger charge is -1.98. The van der Waals surface area contributed by atoms with Crippen LogP contribution in [-0.2, 0) is 0 Å². The number of aromatic nitrogens is 1. The fraction of sp³-hybridized carbons (Fsp3) is 0. The van der Waals surface area contributed by atoms with Crippen molar-refractivity contribution in [2.75, 3.05) is 0 Å². The first-order valence-electron chi connectivity index (χ1n) is 5.01. The highest BCUT2D eigenvalue weighted by Gasteiger charge is 2.17. The number of aromatic carboxylic acids is 1. The fourth-order valence-electron chi connectivity index (χ4n) is 1.61. The molecule has 8 heteroatoms. The average molecular weight is 279 g/mol. The van der Waals surface area contributed by atoms with Gasteiger partial charge < -0.3 is 19.2 Å². The van der Waals surface area contributed by atoms with Gasteiger partial charge in [0.05, 0.1) is 10.3 Å². The molecular weight excluding hydrogens is 274 g/mol. The fourth-order valence-corrected chi connectivity index (χ4v) is 2.29. The molecule has 19 heavy (non-hydrogen) atoms. The Bertz CT molecular complexity index is 842. The van der Waals surface area contributed by atoms with Crippen LogP contribution in [0, 0.1) is 0 Å². The summed E-state index contributed by atoms with van der Waals surface area (Å²) in [6.45, 7) is 0. The van der Waals surface area contributed by atoms with Gasteiger partial charge in [0.15, 0.2) is 17.0 Å². The van der Waals surface area contributed by atoms with Gasteiger partial charge in [0.2, 0.25) is 0 Å². The van der Waals surface area contributed by atoms with E-state index in [2.05, 4.69) is 5.16 Å². The van der Waals surface area contributed by atoms with Gasteiger partial charge in [-0.2, -0.15) is 0 Å². The standard InChI is InChI=1S/C11H5NO6S/c13-6-3-9-8(17-11(16)19-9)1-4(6)7-2-5(10(14)15)12-18-7/h1-3,13H,(H,14,15). The monoisotopic (exact) mass is 279 g/mol. The van der Waals surface area contributed by atoms with Crippen molar-refractivity contribution < 1.29 is 23.9 Å². The average Bonchev–Trinajstić information content (AvgIpc) is 2.92. The first kappa shape index (κ1) is 11.5. The summed E-state index contributed by atoms with van der Waals surface area (Å²) in [4.78, 5) is 21.3. The molecule has 0 aliphatic heterocycles. The molecule has 96 valence electrons. The van der Waals surface area contributed by atoms with Crippen molar-refractivity contribution in [2.24, 2.45) is 0 Å². The third kappa shape index (κ3) is 1.87. The van der Waals surface area contributed by atoms with E-state index in [0.717, 1.165) is 11.3 Å². The van der Waals surface area contributed by atoms with Gasteiger partial charge in [0, 0.05) is 12.1 Å². The summed E-state index contributed by atoms with van der Waals surface area (Å²) in [7, 11) is 0. The molecule has 0 atom stereocenters. The minimum atomic E-state index is -1.24. The van der Waals surface area contributed by atoms with Crippen LogP contribution < -0.4 is 4.94 Å². The Morgan fingerprint density at radius 1 is 1.32 bits per heavy atom. The summed E-state index contributed by atoms with van der Waals surface area (Å²) in [5.74, 6) is -1.32. The van der Waals surface area contributed by atoms with Crippen LogP contribution in [0.1, 0.15) is 10.5 Å². The van der Waals surface area contributed by atoms with Crippen LogP contribution in [0.4, 0.5) is 0 Å². The van der Waals surface area contributed by atoms with Crippen molar-refractivity contribution in [3.05, 3.63) is 33.6 Å². The molecule has 1 aromatic carbocycles. The molecule has 7 nitrogen and oxygen atoms in total. The molecule has 0 unspecified atom stereocenters. The lowest BCUT2D eigenvalue weighted by Crippen LogP contribution is -1.94. The maximum atomic E-state index is 11.1. The van der Waals surface area contributed by atoms with E-state index in [1.54, 1.807) is 0 Å². The molecular formula is C11H5NO6S. The summed E-state index contributed by atoms with van der Waals surface area (Å²) in [5.41, 5.74) is 0.214. The Kier molecular flexibility index (Phi) is 2.39. The number of hydrogen-bond donors (Lipinski definition) is 2. The molecule has 0 saturated carbocycles. The molecule has 0 amide bonds. The van der Waals surface area contributed by atoms with E-state index >= 15 is 0 Å². The molecule has 2 aromatic heterocycles. The Hall–Kier alpha value is -2.61. The molecule has 3 aromatic rings. The van der Waals surface area contributed by atoms with E-state index in [1.165, 1.54) is 18.2 Å². The van der Waals surface area contributed by atoms with Crippen molar-refractivity contribution in [2.45, 2.75) is 0 Å². The molecule has 0 fully saturated rings. The van der Waals surface area contributed by atoms with Crippen LogP contribution in [0.25, 0.3) is 21.6 Å². The van der Waals surface area contributed by atoms with Gasteiger partial charge >= 0.3 is 10.9 Å². The number of carboxylic acids is 1. The molecule has 0 spiro atoms. The van der Waals surface area contributed by atoms with Crippen LogP contribution in [0.5, 0.6) is 5.75 Å². The second kappa shape index (κ2) is 3.95. The minimum Gasteiger partial charge on any atom is -0.507 e. The third-order valence-corrected chi connectivity index (χ3v) is 3.23. The first-order valence-corrected chi connectivity index (χ1v) is 5.83. The first-order chi connectivity index (χ1) is 9.04. The Labute approximate surface area is 108 Å². The van der Waals surface area contributed by atoms with Crippen molar-refractivity contribution in [3.8, 4) is 17.1 Å². The summed E-state index contributed by atoms with van der Waals surface area (Å²) >= 11 is 0.858. The quantitative estimate of drug-likeness (QED) is 0.736. The van der Waals surface area contributed by atoms with Crippen LogP contribution in [0.2, 0.25) is 0 Å². The van der Waals surface area contributed by atoms with Gasteiger partial charge in [0.25, 0.3) is 0 Å². The van der Waals surface area contributed by atoms with Gasteiger partial charge in [-0.1, -0.05) is 16.5 Å². The Balaban J connectivity index is 2.20. The predicted octanol–water partition coefficient (Wildman–Crippen LogP) is 1.91. The zero-order valence-electron chi connectivity index (χ0n) is 9.11. The summed E-state index contributed by atoms with van der Waals surface area (Å²) in [6, 6.07) is 3.92. The lowest BCUT2D eigenvalue weighted by molar-refractivity contribution is 0.0686. The van der Waals surface area contributed by atoms with Crippen LogP contribution >= 0.6 is 11.3 Å². The zero-order valence-corrected chi connectivity index (χ0v) is 9.93. The number of phenols is 1. The Morgan fingerprint density at radius 2 is 2.11 bits per heavy atom. The van der Waals surface area contributed by atoms with Crippen molar-refractivity contribution in [1.82, 2.24) is 5.16 Å². The van der Waals surface area contributed by atoms with Gasteiger partial charge in [-0.25, -0.2) is 9.59 Å². The predicted molar refractivity (Wildman–Crippen MR) is 64.5 cm³/mol. The Morgan fingerprint density at radius 3 is 2.79 bits per heavy atom. The van der Waals surface area contributed by atoms with E-state index in [1.807, 2.05) is 0 Å². The number of nitrogens with zero attached hydrogens (tertiary/aromatic N) is 1. The van der Waals surface area contributed by atoms with E-state index < -0.39 is 10.9 Å². The van der Waals surface area contributed by atoms with E-state index in [-0.39, 0.29) is 28.4 Å². The SMILES string of the molecule is O=C(O)c1cc(-c2cc3oc(=O)sc3cc2O)on1. The topological polar surface area (TPSA) is 114 Å². The molecule has 0 radical (unpaired) electrons. The highest BCUT2D eigenvalue weighted by molar-refractivity contribution is 7.16. The van der Waals surface area contributed by atoms with Crippen molar-refractivity contribution >= 4 is 27.6 Å². The summed E-state index contributed by atoms with van der Waals surface area (Å²) < 4.78 is 10.2. The van der Waals surface area contributed by atoms with Gasteiger partial charge in [-0.15, -0.1) is 0 Å². The number of carbonyl (C=O) groups is 1. The largest absolute Gasteiger partial charge is 0.507 e. The van der Waals surface area contributed by atoms with Crippen LogP contribution in [0.3, 0.4) is 0 Å². The molecule has 0 bridgehead atoms. The van der Waals surface area contributed by atoms with Crippen LogP contribution in [0.15, 0.2) is 31.9 Å². The number of rotatable bonds is 2. The van der Waals surface area contributed by atoms with Gasteiger partial charge in [-0.3, -0.25) is 0 Å². The number of aromatic hydroxyl groups is 1. The van der Waals surface area contributed by atoms with Crippen molar-refractivity contribution in [1.29, 1.82) is 0 Å². The number of hydrogen-bond acceptors (Lipinski definition) is 7. The van der Waals surface area contributed by atoms with E-state index in [4.69, 9.17) is 14.0 Å². The zero-order chi connectivity index (χ0) is 13.6. The number of carboxylic acid groups (broad SMARTS) is 1. The lowest BCUT2D eigenvalue weighted by atomic mass is 10.1. The maximum absolute atomic E-state index is 11.1. The maximum Gasteiger partial charge on any atom is 0.396 e.